The zero-order chi connectivity index (χ0) is 20.5. The number of benzene rings is 2. The molecule has 2 aromatic carbocycles. The summed E-state index contributed by atoms with van der Waals surface area (Å²) in [7, 11) is -7.42. The van der Waals surface area contributed by atoms with Crippen LogP contribution in [0.1, 0.15) is 30.1 Å². The lowest BCUT2D eigenvalue weighted by Gasteiger charge is -2.31. The second kappa shape index (κ2) is 7.73. The standard InChI is InChI=1S/C19H20FNO5S2/c1-14(22)15-2-6-19(7-3-15)28(25,26)21-12-10-18(11-13-21)27(23,24)17-8-4-16(20)5-9-17/h2-9,18H,10-13H2,1H3. The Balaban J connectivity index is 1.73. The fraction of sp³-hybridized carbons (Fsp3) is 0.316. The van der Waals surface area contributed by atoms with Crippen LogP contribution in [0.5, 0.6) is 0 Å². The lowest BCUT2D eigenvalue weighted by atomic mass is 10.2. The van der Waals surface area contributed by atoms with E-state index >= 15 is 0 Å². The Labute approximate surface area is 164 Å². The fourth-order valence-corrected chi connectivity index (χ4v) is 6.41. The number of ketones is 1. The first-order valence-electron chi connectivity index (χ1n) is 8.73. The molecule has 1 saturated heterocycles. The number of rotatable bonds is 5. The van der Waals surface area contributed by atoms with Gasteiger partial charge >= 0.3 is 0 Å². The lowest BCUT2D eigenvalue weighted by Crippen LogP contribution is -2.42. The first kappa shape index (κ1) is 20.6. The highest BCUT2D eigenvalue weighted by atomic mass is 32.2. The van der Waals surface area contributed by atoms with Gasteiger partial charge in [0.15, 0.2) is 15.6 Å². The zero-order valence-electron chi connectivity index (χ0n) is 15.2. The van der Waals surface area contributed by atoms with Crippen LogP contribution in [-0.2, 0) is 19.9 Å². The number of nitrogens with zero attached hydrogens (tertiary/aromatic N) is 1. The van der Waals surface area contributed by atoms with Gasteiger partial charge in [-0.2, -0.15) is 4.31 Å². The van der Waals surface area contributed by atoms with Crippen molar-refractivity contribution in [2.24, 2.45) is 0 Å². The van der Waals surface area contributed by atoms with Crippen LogP contribution in [0.4, 0.5) is 4.39 Å². The van der Waals surface area contributed by atoms with Crippen LogP contribution < -0.4 is 0 Å². The molecular weight excluding hydrogens is 405 g/mol. The summed E-state index contributed by atoms with van der Waals surface area (Å²) >= 11 is 0. The normalized spacial score (nSPS) is 16.8. The second-order valence-corrected chi connectivity index (χ2v) is 10.8. The lowest BCUT2D eigenvalue weighted by molar-refractivity contribution is 0.101. The van der Waals surface area contributed by atoms with E-state index in [-0.39, 0.29) is 41.5 Å². The Kier molecular flexibility index (Phi) is 5.69. The summed E-state index contributed by atoms with van der Waals surface area (Å²) in [6, 6.07) is 10.3. The summed E-state index contributed by atoms with van der Waals surface area (Å²) in [5.74, 6) is -0.675. The van der Waals surface area contributed by atoms with Crippen molar-refractivity contribution < 1.29 is 26.0 Å². The largest absolute Gasteiger partial charge is 0.295 e. The third-order valence-electron chi connectivity index (χ3n) is 4.88. The molecule has 1 heterocycles. The number of piperidine rings is 1. The number of hydrogen-bond donors (Lipinski definition) is 0. The molecule has 2 aromatic rings. The highest BCUT2D eigenvalue weighted by Gasteiger charge is 2.35. The van der Waals surface area contributed by atoms with E-state index in [2.05, 4.69) is 0 Å². The van der Waals surface area contributed by atoms with Crippen molar-refractivity contribution in [1.29, 1.82) is 0 Å². The fourth-order valence-electron chi connectivity index (χ4n) is 3.21. The molecule has 0 saturated carbocycles. The Hall–Kier alpha value is -2.10. The van der Waals surface area contributed by atoms with E-state index < -0.39 is 30.9 Å². The number of halogens is 1. The summed E-state index contributed by atoms with van der Waals surface area (Å²) in [6.07, 6.45) is 0.314. The van der Waals surface area contributed by atoms with E-state index in [1.807, 2.05) is 0 Å². The molecular formula is C19H20FNO5S2. The Morgan fingerprint density at radius 2 is 1.39 bits per heavy atom. The Morgan fingerprint density at radius 1 is 0.893 bits per heavy atom. The maximum absolute atomic E-state index is 13.0. The molecule has 1 aliphatic rings. The Morgan fingerprint density at radius 3 is 1.89 bits per heavy atom. The molecule has 0 unspecified atom stereocenters. The van der Waals surface area contributed by atoms with Gasteiger partial charge in [-0.3, -0.25) is 4.79 Å². The van der Waals surface area contributed by atoms with Crippen molar-refractivity contribution in [3.05, 3.63) is 59.9 Å². The van der Waals surface area contributed by atoms with E-state index in [4.69, 9.17) is 0 Å². The molecule has 0 N–H and O–H groups in total. The number of carbonyl (C=O) groups is 1. The van der Waals surface area contributed by atoms with Crippen LogP contribution >= 0.6 is 0 Å². The van der Waals surface area contributed by atoms with Crippen LogP contribution in [0, 0.1) is 5.82 Å². The molecule has 0 amide bonds. The first-order chi connectivity index (χ1) is 13.1. The predicted octanol–water partition coefficient (Wildman–Crippen LogP) is 2.66. The average Bonchev–Trinajstić information content (AvgIpc) is 2.68. The molecule has 0 aliphatic carbocycles. The van der Waals surface area contributed by atoms with Gasteiger partial charge in [0.2, 0.25) is 10.0 Å². The topological polar surface area (TPSA) is 88.6 Å². The van der Waals surface area contributed by atoms with E-state index in [9.17, 15) is 26.0 Å². The Bertz CT molecular complexity index is 1070. The van der Waals surface area contributed by atoms with Gasteiger partial charge in [-0.15, -0.1) is 0 Å². The van der Waals surface area contributed by atoms with Crippen LogP contribution in [0.15, 0.2) is 58.3 Å². The number of Topliss-reactive ketones (excluding diaryl/α,β-unsaturated/α-hetero) is 1. The maximum Gasteiger partial charge on any atom is 0.243 e. The van der Waals surface area contributed by atoms with Crippen LogP contribution in [0.25, 0.3) is 0 Å². The molecule has 0 bridgehead atoms. The third kappa shape index (κ3) is 4.01. The number of carbonyl (C=O) groups excluding carboxylic acids is 1. The van der Waals surface area contributed by atoms with Gasteiger partial charge in [0.25, 0.3) is 0 Å². The SMILES string of the molecule is CC(=O)c1ccc(S(=O)(=O)N2CCC(S(=O)(=O)c3ccc(F)cc3)CC2)cc1. The average molecular weight is 426 g/mol. The molecule has 9 heteroatoms. The predicted molar refractivity (Wildman–Crippen MR) is 102 cm³/mol. The molecule has 6 nitrogen and oxygen atoms in total. The monoisotopic (exact) mass is 425 g/mol. The van der Waals surface area contributed by atoms with Gasteiger partial charge in [0.05, 0.1) is 15.0 Å². The minimum atomic E-state index is -3.77. The minimum Gasteiger partial charge on any atom is -0.295 e. The van der Waals surface area contributed by atoms with Gasteiger partial charge in [0.1, 0.15) is 5.82 Å². The molecule has 0 aromatic heterocycles. The van der Waals surface area contributed by atoms with E-state index in [0.717, 1.165) is 12.1 Å². The van der Waals surface area contributed by atoms with Crippen molar-refractivity contribution in [2.45, 2.75) is 34.8 Å². The second-order valence-electron chi connectivity index (χ2n) is 6.68. The summed E-state index contributed by atoms with van der Waals surface area (Å²) < 4.78 is 65.3. The molecule has 28 heavy (non-hydrogen) atoms. The third-order valence-corrected chi connectivity index (χ3v) is 9.07. The van der Waals surface area contributed by atoms with Crippen molar-refractivity contribution in [3.8, 4) is 0 Å². The molecule has 150 valence electrons. The number of sulfone groups is 1. The van der Waals surface area contributed by atoms with Crippen molar-refractivity contribution in [3.63, 3.8) is 0 Å². The number of sulfonamides is 1. The van der Waals surface area contributed by atoms with Gasteiger partial charge in [0, 0.05) is 18.7 Å². The smallest absolute Gasteiger partial charge is 0.243 e. The van der Waals surface area contributed by atoms with E-state index in [0.29, 0.717) is 5.56 Å². The van der Waals surface area contributed by atoms with Crippen LogP contribution in [0.2, 0.25) is 0 Å². The summed E-state index contributed by atoms with van der Waals surface area (Å²) in [6.45, 7) is 1.54. The highest BCUT2D eigenvalue weighted by molar-refractivity contribution is 7.92. The van der Waals surface area contributed by atoms with Crippen molar-refractivity contribution >= 4 is 25.6 Å². The maximum atomic E-state index is 13.0. The molecule has 0 atom stereocenters. The summed E-state index contributed by atoms with van der Waals surface area (Å²) in [5.41, 5.74) is 0.419. The molecule has 3 rings (SSSR count). The van der Waals surface area contributed by atoms with Crippen molar-refractivity contribution in [1.82, 2.24) is 4.31 Å². The van der Waals surface area contributed by atoms with Gasteiger partial charge in [-0.05, 0) is 56.2 Å². The van der Waals surface area contributed by atoms with Crippen LogP contribution in [0.3, 0.4) is 0 Å². The molecule has 1 aliphatic heterocycles. The summed E-state index contributed by atoms with van der Waals surface area (Å²) in [5, 5.41) is -0.718. The van der Waals surface area contributed by atoms with E-state index in [1.165, 1.54) is 47.6 Å². The van der Waals surface area contributed by atoms with Crippen LogP contribution in [-0.4, -0.2) is 45.3 Å². The van der Waals surface area contributed by atoms with Crippen molar-refractivity contribution in [2.75, 3.05) is 13.1 Å². The van der Waals surface area contributed by atoms with Gasteiger partial charge in [-0.25, -0.2) is 21.2 Å². The molecule has 0 radical (unpaired) electrons. The first-order valence-corrected chi connectivity index (χ1v) is 11.7. The minimum absolute atomic E-state index is 0.0371. The zero-order valence-corrected chi connectivity index (χ0v) is 16.8. The number of hydrogen-bond acceptors (Lipinski definition) is 5. The van der Waals surface area contributed by atoms with Gasteiger partial charge < -0.3 is 0 Å². The highest BCUT2D eigenvalue weighted by Crippen LogP contribution is 2.28. The summed E-state index contributed by atoms with van der Waals surface area (Å²) in [4.78, 5) is 11.4. The van der Waals surface area contributed by atoms with E-state index in [1.54, 1.807) is 0 Å². The molecule has 0 spiro atoms. The van der Waals surface area contributed by atoms with Gasteiger partial charge in [-0.1, -0.05) is 12.1 Å². The molecule has 1 fully saturated rings. The quantitative estimate of drug-likeness (QED) is 0.543.